The molecule has 0 aliphatic rings. The van der Waals surface area contributed by atoms with Crippen LogP contribution in [0.15, 0.2) is 54.6 Å². The topological polar surface area (TPSA) is 44.8 Å². The maximum Gasteiger partial charge on any atom is 0.310 e. The summed E-state index contributed by atoms with van der Waals surface area (Å²) in [6, 6.07) is 17.1. The molecule has 22 heavy (non-hydrogen) atoms. The van der Waals surface area contributed by atoms with E-state index in [0.717, 1.165) is 16.9 Å². The maximum atomic E-state index is 11.9. The molecule has 4 nitrogen and oxygen atoms in total. The molecular weight excluding hydrogens is 280 g/mol. The SMILES string of the molecule is COCCOc1cccc(CC(=O)OCc2ccccc2)c1. The lowest BCUT2D eigenvalue weighted by atomic mass is 10.1. The Kier molecular flexibility index (Phi) is 6.45. The molecule has 0 saturated heterocycles. The Morgan fingerprint density at radius 2 is 1.73 bits per heavy atom. The zero-order chi connectivity index (χ0) is 15.6. The van der Waals surface area contributed by atoms with Crippen molar-refractivity contribution in [1.82, 2.24) is 0 Å². The van der Waals surface area contributed by atoms with Crippen LogP contribution in [0.3, 0.4) is 0 Å². The first-order valence-corrected chi connectivity index (χ1v) is 7.18. The van der Waals surface area contributed by atoms with Gasteiger partial charge in [0.1, 0.15) is 19.0 Å². The fraction of sp³-hybridized carbons (Fsp3) is 0.278. The van der Waals surface area contributed by atoms with E-state index in [-0.39, 0.29) is 12.4 Å². The third-order valence-corrected chi connectivity index (χ3v) is 3.05. The van der Waals surface area contributed by atoms with E-state index >= 15 is 0 Å². The number of hydrogen-bond acceptors (Lipinski definition) is 4. The molecule has 2 aromatic rings. The van der Waals surface area contributed by atoms with Gasteiger partial charge in [-0.25, -0.2) is 0 Å². The molecular formula is C18H20O4. The molecule has 0 N–H and O–H groups in total. The maximum absolute atomic E-state index is 11.9. The van der Waals surface area contributed by atoms with Crippen LogP contribution in [-0.2, 0) is 27.3 Å². The van der Waals surface area contributed by atoms with Gasteiger partial charge in [0.25, 0.3) is 0 Å². The quantitative estimate of drug-likeness (QED) is 0.555. The monoisotopic (exact) mass is 300 g/mol. The predicted octanol–water partition coefficient (Wildman–Crippen LogP) is 3.00. The molecule has 0 aliphatic heterocycles. The predicted molar refractivity (Wildman–Crippen MR) is 83.8 cm³/mol. The zero-order valence-corrected chi connectivity index (χ0v) is 12.7. The molecule has 0 atom stereocenters. The summed E-state index contributed by atoms with van der Waals surface area (Å²) in [6.45, 7) is 1.31. The van der Waals surface area contributed by atoms with Crippen molar-refractivity contribution in [2.24, 2.45) is 0 Å². The number of methoxy groups -OCH3 is 1. The number of benzene rings is 2. The highest BCUT2D eigenvalue weighted by Crippen LogP contribution is 2.14. The second-order valence-electron chi connectivity index (χ2n) is 4.81. The molecule has 0 heterocycles. The normalized spacial score (nSPS) is 10.2. The Morgan fingerprint density at radius 3 is 2.50 bits per heavy atom. The molecule has 0 aromatic heterocycles. The zero-order valence-electron chi connectivity index (χ0n) is 12.7. The number of hydrogen-bond donors (Lipinski definition) is 0. The third kappa shape index (κ3) is 5.58. The minimum Gasteiger partial charge on any atom is -0.491 e. The Hall–Kier alpha value is -2.33. The molecule has 0 saturated carbocycles. The summed E-state index contributed by atoms with van der Waals surface area (Å²) in [5.74, 6) is 0.475. The average molecular weight is 300 g/mol. The van der Waals surface area contributed by atoms with Gasteiger partial charge >= 0.3 is 5.97 Å². The highest BCUT2D eigenvalue weighted by Gasteiger charge is 2.06. The van der Waals surface area contributed by atoms with Crippen LogP contribution in [-0.4, -0.2) is 26.3 Å². The lowest BCUT2D eigenvalue weighted by Gasteiger charge is -2.08. The first-order chi connectivity index (χ1) is 10.8. The smallest absolute Gasteiger partial charge is 0.310 e. The number of ether oxygens (including phenoxy) is 3. The summed E-state index contributed by atoms with van der Waals surface area (Å²) in [5.41, 5.74) is 1.85. The highest BCUT2D eigenvalue weighted by molar-refractivity contribution is 5.72. The fourth-order valence-corrected chi connectivity index (χ4v) is 1.94. The minimum atomic E-state index is -0.252. The summed E-state index contributed by atoms with van der Waals surface area (Å²) in [6.07, 6.45) is 0.230. The molecule has 0 bridgehead atoms. The van der Waals surface area contributed by atoms with E-state index < -0.39 is 0 Å². The van der Waals surface area contributed by atoms with Crippen molar-refractivity contribution in [3.05, 3.63) is 65.7 Å². The van der Waals surface area contributed by atoms with Gasteiger partial charge in [0, 0.05) is 7.11 Å². The van der Waals surface area contributed by atoms with Gasteiger partial charge in [-0.05, 0) is 23.3 Å². The summed E-state index contributed by atoms with van der Waals surface area (Å²) < 4.78 is 15.7. The minimum absolute atomic E-state index is 0.230. The molecule has 4 heteroatoms. The van der Waals surface area contributed by atoms with Gasteiger partial charge in [-0.2, -0.15) is 0 Å². The van der Waals surface area contributed by atoms with Crippen LogP contribution in [0.25, 0.3) is 0 Å². The molecule has 0 spiro atoms. The number of carbonyl (C=O) groups is 1. The van der Waals surface area contributed by atoms with Crippen molar-refractivity contribution in [3.8, 4) is 5.75 Å². The molecule has 116 valence electrons. The van der Waals surface area contributed by atoms with Crippen LogP contribution in [0.5, 0.6) is 5.75 Å². The van der Waals surface area contributed by atoms with E-state index in [0.29, 0.717) is 19.8 Å². The van der Waals surface area contributed by atoms with Crippen LogP contribution in [0.4, 0.5) is 0 Å². The van der Waals surface area contributed by atoms with Gasteiger partial charge < -0.3 is 14.2 Å². The largest absolute Gasteiger partial charge is 0.491 e. The highest BCUT2D eigenvalue weighted by atomic mass is 16.5. The number of rotatable bonds is 8. The van der Waals surface area contributed by atoms with Crippen LogP contribution in [0.1, 0.15) is 11.1 Å². The van der Waals surface area contributed by atoms with Crippen LogP contribution in [0.2, 0.25) is 0 Å². The van der Waals surface area contributed by atoms with E-state index in [1.165, 1.54) is 0 Å². The first-order valence-electron chi connectivity index (χ1n) is 7.18. The van der Waals surface area contributed by atoms with Crippen molar-refractivity contribution >= 4 is 5.97 Å². The standard InChI is InChI=1S/C18H20O4/c1-20-10-11-21-17-9-5-8-16(12-17)13-18(19)22-14-15-6-3-2-4-7-15/h2-9,12H,10-11,13-14H2,1H3. The second kappa shape index (κ2) is 8.85. The van der Waals surface area contributed by atoms with Crippen molar-refractivity contribution in [3.63, 3.8) is 0 Å². The molecule has 0 fully saturated rings. The summed E-state index contributed by atoms with van der Waals surface area (Å²) >= 11 is 0. The lowest BCUT2D eigenvalue weighted by molar-refractivity contribution is -0.144. The van der Waals surface area contributed by atoms with Gasteiger partial charge in [0.2, 0.25) is 0 Å². The Morgan fingerprint density at radius 1 is 0.955 bits per heavy atom. The van der Waals surface area contributed by atoms with E-state index in [4.69, 9.17) is 14.2 Å². The Labute approximate surface area is 130 Å². The summed E-state index contributed by atoms with van der Waals surface area (Å²) in [5, 5.41) is 0. The van der Waals surface area contributed by atoms with E-state index in [2.05, 4.69) is 0 Å². The van der Waals surface area contributed by atoms with Crippen molar-refractivity contribution in [1.29, 1.82) is 0 Å². The van der Waals surface area contributed by atoms with Gasteiger partial charge in [0.15, 0.2) is 0 Å². The van der Waals surface area contributed by atoms with Crippen LogP contribution < -0.4 is 4.74 Å². The third-order valence-electron chi connectivity index (χ3n) is 3.05. The molecule has 0 amide bonds. The summed E-state index contributed by atoms with van der Waals surface area (Å²) in [4.78, 5) is 11.9. The molecule has 2 aromatic carbocycles. The Balaban J connectivity index is 1.82. The average Bonchev–Trinajstić information content (AvgIpc) is 2.55. The van der Waals surface area contributed by atoms with Crippen molar-refractivity contribution < 1.29 is 19.0 Å². The van der Waals surface area contributed by atoms with E-state index in [9.17, 15) is 4.79 Å². The Bertz CT molecular complexity index is 581. The summed E-state index contributed by atoms with van der Waals surface area (Å²) in [7, 11) is 1.63. The van der Waals surface area contributed by atoms with Gasteiger partial charge in [0.05, 0.1) is 13.0 Å². The fourth-order valence-electron chi connectivity index (χ4n) is 1.94. The molecule has 2 rings (SSSR count). The second-order valence-corrected chi connectivity index (χ2v) is 4.81. The molecule has 0 radical (unpaired) electrons. The number of esters is 1. The van der Waals surface area contributed by atoms with Crippen molar-refractivity contribution in [2.45, 2.75) is 13.0 Å². The van der Waals surface area contributed by atoms with Crippen LogP contribution in [0, 0.1) is 0 Å². The molecule has 0 unspecified atom stereocenters. The molecule has 0 aliphatic carbocycles. The first kappa shape index (κ1) is 16.0. The van der Waals surface area contributed by atoms with Crippen LogP contribution >= 0.6 is 0 Å². The van der Waals surface area contributed by atoms with Gasteiger partial charge in [-0.15, -0.1) is 0 Å². The van der Waals surface area contributed by atoms with E-state index in [1.54, 1.807) is 7.11 Å². The van der Waals surface area contributed by atoms with Gasteiger partial charge in [-0.1, -0.05) is 42.5 Å². The number of carbonyl (C=O) groups excluding carboxylic acids is 1. The van der Waals surface area contributed by atoms with Crippen molar-refractivity contribution in [2.75, 3.05) is 20.3 Å². The lowest BCUT2D eigenvalue weighted by Crippen LogP contribution is -2.08. The van der Waals surface area contributed by atoms with E-state index in [1.807, 2.05) is 54.6 Å². The van der Waals surface area contributed by atoms with Gasteiger partial charge in [-0.3, -0.25) is 4.79 Å².